The summed E-state index contributed by atoms with van der Waals surface area (Å²) in [6.07, 6.45) is 0. The van der Waals surface area contributed by atoms with Crippen LogP contribution in [0.2, 0.25) is 0 Å². The van der Waals surface area contributed by atoms with Crippen molar-refractivity contribution in [1.29, 1.82) is 0 Å². The van der Waals surface area contributed by atoms with Gasteiger partial charge in [-0.1, -0.05) is 24.3 Å². The first-order valence-electron chi connectivity index (χ1n) is 10.5. The highest BCUT2D eigenvalue weighted by atomic mass is 32.2. The number of piperazine rings is 1. The molecule has 0 atom stereocenters. The van der Waals surface area contributed by atoms with Gasteiger partial charge in [-0.15, -0.1) is 0 Å². The summed E-state index contributed by atoms with van der Waals surface area (Å²) in [7, 11) is -3.89. The second kappa shape index (κ2) is 8.80. The number of nitro groups is 1. The zero-order valence-electron chi connectivity index (χ0n) is 18.3. The minimum atomic E-state index is -3.89. The number of para-hydroxylation sites is 1. The number of rotatable bonds is 5. The third-order valence-corrected chi connectivity index (χ3v) is 7.76. The number of carbonyl (C=O) groups excluding carboxylic acids is 1. The number of nitro benzene ring substituents is 1. The molecule has 1 aromatic heterocycles. The van der Waals surface area contributed by atoms with Crippen LogP contribution in [0, 0.1) is 24.0 Å². The van der Waals surface area contributed by atoms with Crippen LogP contribution in [0.25, 0.3) is 5.69 Å². The van der Waals surface area contributed by atoms with Crippen molar-refractivity contribution in [3.8, 4) is 5.69 Å². The van der Waals surface area contributed by atoms with Crippen molar-refractivity contribution >= 4 is 21.6 Å². The Morgan fingerprint density at radius 1 is 0.939 bits per heavy atom. The monoisotopic (exact) mass is 468 g/mol. The van der Waals surface area contributed by atoms with Crippen LogP contribution in [0.3, 0.4) is 0 Å². The molecule has 0 aliphatic carbocycles. The average molecular weight is 469 g/mol. The molecule has 0 spiro atoms. The first kappa shape index (κ1) is 22.7. The molecule has 2 aromatic carbocycles. The molecule has 1 fully saturated rings. The maximum absolute atomic E-state index is 13.2. The molecule has 1 aliphatic heterocycles. The molecule has 172 valence electrons. The molecule has 0 saturated carbocycles. The lowest BCUT2D eigenvalue weighted by Gasteiger charge is -2.34. The average Bonchev–Trinajstić information content (AvgIpc) is 3.13. The number of amides is 1. The Balaban J connectivity index is 1.50. The summed E-state index contributed by atoms with van der Waals surface area (Å²) >= 11 is 0. The topological polar surface area (TPSA) is 106 Å². The van der Waals surface area contributed by atoms with E-state index < -0.39 is 14.9 Å². The minimum Gasteiger partial charge on any atom is -0.336 e. The third-order valence-electron chi connectivity index (χ3n) is 5.87. The van der Waals surface area contributed by atoms with E-state index in [2.05, 4.69) is 0 Å². The molecule has 4 rings (SSSR count). The fourth-order valence-corrected chi connectivity index (χ4v) is 5.62. The van der Waals surface area contributed by atoms with Gasteiger partial charge in [-0.25, -0.2) is 8.42 Å². The van der Waals surface area contributed by atoms with Gasteiger partial charge in [0.2, 0.25) is 10.0 Å². The maximum atomic E-state index is 13.2. The summed E-state index contributed by atoms with van der Waals surface area (Å²) in [5.74, 6) is -0.141. The van der Waals surface area contributed by atoms with E-state index in [9.17, 15) is 23.3 Å². The second-order valence-electron chi connectivity index (χ2n) is 7.91. The lowest BCUT2D eigenvalue weighted by molar-refractivity contribution is -0.385. The smallest absolute Gasteiger partial charge is 0.270 e. The Labute approximate surface area is 192 Å². The van der Waals surface area contributed by atoms with Crippen LogP contribution in [-0.2, 0) is 10.0 Å². The Morgan fingerprint density at radius 2 is 1.61 bits per heavy atom. The number of nitrogens with zero attached hydrogens (tertiary/aromatic N) is 4. The van der Waals surface area contributed by atoms with Crippen LogP contribution in [0.4, 0.5) is 5.69 Å². The molecular formula is C23H24N4O5S. The molecule has 3 aromatic rings. The number of hydrogen-bond donors (Lipinski definition) is 0. The largest absolute Gasteiger partial charge is 0.336 e. The first-order chi connectivity index (χ1) is 15.7. The van der Waals surface area contributed by atoms with Crippen LogP contribution in [0.1, 0.15) is 21.7 Å². The van der Waals surface area contributed by atoms with Crippen molar-refractivity contribution in [2.75, 3.05) is 26.2 Å². The molecule has 1 amide bonds. The van der Waals surface area contributed by atoms with Gasteiger partial charge in [0.15, 0.2) is 0 Å². The summed E-state index contributed by atoms with van der Waals surface area (Å²) in [5, 5.41) is 11.0. The van der Waals surface area contributed by atoms with Gasteiger partial charge in [-0.2, -0.15) is 4.31 Å². The quantitative estimate of drug-likeness (QED) is 0.422. The summed E-state index contributed by atoms with van der Waals surface area (Å²) in [4.78, 5) is 25.1. The Kier molecular flexibility index (Phi) is 6.05. The number of hydrogen-bond acceptors (Lipinski definition) is 5. The van der Waals surface area contributed by atoms with Crippen molar-refractivity contribution in [3.63, 3.8) is 0 Å². The van der Waals surface area contributed by atoms with E-state index in [0.29, 0.717) is 5.56 Å². The van der Waals surface area contributed by atoms with Gasteiger partial charge in [0, 0.05) is 55.4 Å². The molecule has 33 heavy (non-hydrogen) atoms. The van der Waals surface area contributed by atoms with E-state index in [1.807, 2.05) is 54.8 Å². The van der Waals surface area contributed by atoms with Gasteiger partial charge in [0.25, 0.3) is 11.6 Å². The van der Waals surface area contributed by atoms with E-state index in [1.165, 1.54) is 22.5 Å². The van der Waals surface area contributed by atoms with Gasteiger partial charge in [-0.3, -0.25) is 14.9 Å². The normalized spacial score (nSPS) is 14.9. The summed E-state index contributed by atoms with van der Waals surface area (Å²) < 4.78 is 29.2. The minimum absolute atomic E-state index is 0.119. The van der Waals surface area contributed by atoms with Gasteiger partial charge in [0.05, 0.1) is 15.4 Å². The van der Waals surface area contributed by atoms with Crippen molar-refractivity contribution < 1.29 is 18.1 Å². The van der Waals surface area contributed by atoms with Crippen molar-refractivity contribution in [2.24, 2.45) is 0 Å². The fraction of sp³-hybridized carbons (Fsp3) is 0.261. The number of aryl methyl sites for hydroxylation is 1. The van der Waals surface area contributed by atoms with Gasteiger partial charge in [-0.05, 0) is 38.1 Å². The highest BCUT2D eigenvalue weighted by Crippen LogP contribution is 2.25. The van der Waals surface area contributed by atoms with Crippen molar-refractivity contribution in [3.05, 3.63) is 87.7 Å². The summed E-state index contributed by atoms with van der Waals surface area (Å²) in [6, 6.07) is 16.6. The zero-order valence-corrected chi connectivity index (χ0v) is 19.2. The maximum Gasteiger partial charge on any atom is 0.270 e. The lowest BCUT2D eigenvalue weighted by atomic mass is 10.2. The Bertz CT molecular complexity index is 1310. The third kappa shape index (κ3) is 4.27. The van der Waals surface area contributed by atoms with Gasteiger partial charge in [0.1, 0.15) is 0 Å². The zero-order chi connectivity index (χ0) is 23.8. The Morgan fingerprint density at radius 3 is 2.24 bits per heavy atom. The van der Waals surface area contributed by atoms with Crippen LogP contribution >= 0.6 is 0 Å². The van der Waals surface area contributed by atoms with Gasteiger partial charge < -0.3 is 9.47 Å². The molecule has 0 N–H and O–H groups in total. The molecule has 0 bridgehead atoms. The van der Waals surface area contributed by atoms with Gasteiger partial charge >= 0.3 is 0 Å². The number of benzene rings is 2. The Hall–Kier alpha value is -3.50. The first-order valence-corrected chi connectivity index (χ1v) is 11.9. The van der Waals surface area contributed by atoms with E-state index in [0.717, 1.165) is 23.1 Å². The van der Waals surface area contributed by atoms with Crippen LogP contribution in [-0.4, -0.2) is 59.2 Å². The summed E-state index contributed by atoms with van der Waals surface area (Å²) in [5.41, 5.74) is 3.05. The van der Waals surface area contributed by atoms with E-state index >= 15 is 0 Å². The highest BCUT2D eigenvalue weighted by molar-refractivity contribution is 7.89. The molecule has 0 radical (unpaired) electrons. The predicted octanol–water partition coefficient (Wildman–Crippen LogP) is 3.15. The number of sulfonamides is 1. The number of non-ortho nitro benzene ring substituents is 1. The van der Waals surface area contributed by atoms with Crippen molar-refractivity contribution in [1.82, 2.24) is 13.8 Å². The molecule has 1 aliphatic rings. The molecule has 1 saturated heterocycles. The SMILES string of the molecule is Cc1cc(C(=O)N2CCN(S(=O)(=O)c3cccc([N+](=O)[O-])c3)CC2)c(C)n1-c1ccccc1. The predicted molar refractivity (Wildman–Crippen MR) is 123 cm³/mol. The van der Waals surface area contributed by atoms with E-state index in [4.69, 9.17) is 0 Å². The highest BCUT2D eigenvalue weighted by Gasteiger charge is 2.32. The molecule has 9 nitrogen and oxygen atoms in total. The molecule has 2 heterocycles. The standard InChI is InChI=1S/C23H24N4O5S/c1-17-15-22(18(2)26(17)19-7-4-3-5-8-19)23(28)24-11-13-25(14-12-24)33(31,32)21-10-6-9-20(16-21)27(29)30/h3-10,15-16H,11-14H2,1-2H3. The lowest BCUT2D eigenvalue weighted by Crippen LogP contribution is -2.50. The second-order valence-corrected chi connectivity index (χ2v) is 9.84. The fourth-order valence-electron chi connectivity index (χ4n) is 4.16. The van der Waals surface area contributed by atoms with E-state index in [-0.39, 0.29) is 42.7 Å². The molecular weight excluding hydrogens is 444 g/mol. The number of aromatic nitrogens is 1. The van der Waals surface area contributed by atoms with Crippen LogP contribution < -0.4 is 0 Å². The summed E-state index contributed by atoms with van der Waals surface area (Å²) in [6.45, 7) is 4.56. The molecule has 0 unspecified atom stereocenters. The number of carbonyl (C=O) groups is 1. The van der Waals surface area contributed by atoms with Crippen LogP contribution in [0.15, 0.2) is 65.6 Å². The van der Waals surface area contributed by atoms with E-state index in [1.54, 1.807) is 4.90 Å². The van der Waals surface area contributed by atoms with Crippen molar-refractivity contribution in [2.45, 2.75) is 18.7 Å². The molecule has 10 heteroatoms. The van der Waals surface area contributed by atoms with Crippen LogP contribution in [0.5, 0.6) is 0 Å².